The number of hydrogen-bond acceptors (Lipinski definition) is 4. The van der Waals surface area contributed by atoms with Gasteiger partial charge < -0.3 is 25.4 Å². The largest absolute Gasteiger partial charge is 0.488 e. The maximum absolute atomic E-state index is 6.19. The molecule has 1 saturated heterocycles. The zero-order valence-electron chi connectivity index (χ0n) is 18.5. The molecule has 1 aliphatic heterocycles. The van der Waals surface area contributed by atoms with Gasteiger partial charge in [-0.3, -0.25) is 0 Å². The van der Waals surface area contributed by atoms with Gasteiger partial charge in [-0.05, 0) is 44.0 Å². The molecule has 2 aromatic rings. The summed E-state index contributed by atoms with van der Waals surface area (Å²) < 4.78 is 11.6. The van der Waals surface area contributed by atoms with Gasteiger partial charge in [0.25, 0.3) is 0 Å². The average Bonchev–Trinajstić information content (AvgIpc) is 3.26. The number of aryl methyl sites for hydroxylation is 1. The lowest BCUT2D eigenvalue weighted by Crippen LogP contribution is -2.38. The molecule has 0 aromatic heterocycles. The molecule has 1 fully saturated rings. The van der Waals surface area contributed by atoms with Crippen molar-refractivity contribution in [2.75, 3.05) is 38.2 Å². The van der Waals surface area contributed by atoms with E-state index in [1.54, 1.807) is 0 Å². The minimum Gasteiger partial charge on any atom is -0.488 e. The van der Waals surface area contributed by atoms with E-state index in [0.717, 1.165) is 62.0 Å². The lowest BCUT2D eigenvalue weighted by Gasteiger charge is -2.16. The number of hydrogen-bond donors (Lipinski definition) is 3. The molecule has 1 aliphatic rings. The number of rotatable bonds is 10. The Balaban J connectivity index is 0.00000341. The van der Waals surface area contributed by atoms with E-state index < -0.39 is 0 Å². The fraction of sp³-hybridized carbons (Fsp3) is 0.458. The van der Waals surface area contributed by atoms with Crippen molar-refractivity contribution >= 4 is 35.6 Å². The van der Waals surface area contributed by atoms with Crippen molar-refractivity contribution in [2.24, 2.45) is 4.99 Å². The van der Waals surface area contributed by atoms with Gasteiger partial charge in [-0.15, -0.1) is 24.0 Å². The summed E-state index contributed by atoms with van der Waals surface area (Å²) in [7, 11) is 0. The SMILES string of the molecule is CCNC(=NCc1ccc(C)cc1OC1CCOC1)NCCCNc1ccccc1.I. The highest BCUT2D eigenvalue weighted by Crippen LogP contribution is 2.24. The molecule has 0 bridgehead atoms. The van der Waals surface area contributed by atoms with E-state index in [-0.39, 0.29) is 30.1 Å². The minimum absolute atomic E-state index is 0. The zero-order chi connectivity index (χ0) is 21.0. The van der Waals surface area contributed by atoms with Crippen molar-refractivity contribution < 1.29 is 9.47 Å². The summed E-state index contributed by atoms with van der Waals surface area (Å²) in [4.78, 5) is 4.77. The Bertz CT molecular complexity index is 795. The Morgan fingerprint density at radius 2 is 1.97 bits per heavy atom. The highest BCUT2D eigenvalue weighted by Gasteiger charge is 2.18. The third-order valence-electron chi connectivity index (χ3n) is 4.90. The summed E-state index contributed by atoms with van der Waals surface area (Å²) in [6.45, 7) is 8.76. The molecule has 0 amide bonds. The number of nitrogens with one attached hydrogen (secondary N) is 3. The van der Waals surface area contributed by atoms with Crippen molar-refractivity contribution in [2.45, 2.75) is 39.3 Å². The molecule has 3 rings (SSSR count). The van der Waals surface area contributed by atoms with E-state index in [4.69, 9.17) is 14.5 Å². The first-order chi connectivity index (χ1) is 14.7. The number of halogens is 1. The fourth-order valence-corrected chi connectivity index (χ4v) is 3.28. The molecule has 0 aliphatic carbocycles. The first kappa shape index (κ1) is 25.3. The summed E-state index contributed by atoms with van der Waals surface area (Å²) in [5, 5.41) is 10.2. The standard InChI is InChI=1S/C24H34N4O2.HI/c1-3-25-24(27-14-7-13-26-21-8-5-4-6-9-21)28-17-20-11-10-19(2)16-23(20)30-22-12-15-29-18-22;/h4-6,8-11,16,22,26H,3,7,12-15,17-18H2,1-2H3,(H2,25,27,28);1H. The number of aliphatic imine (C=N–C) groups is 1. The van der Waals surface area contributed by atoms with Gasteiger partial charge in [-0.25, -0.2) is 4.99 Å². The van der Waals surface area contributed by atoms with Crippen LogP contribution in [0.25, 0.3) is 0 Å². The molecule has 0 spiro atoms. The van der Waals surface area contributed by atoms with Gasteiger partial charge in [-0.1, -0.05) is 30.3 Å². The molecule has 3 N–H and O–H groups in total. The average molecular weight is 538 g/mol. The molecule has 0 saturated carbocycles. The summed E-state index contributed by atoms with van der Waals surface area (Å²) in [5.74, 6) is 1.74. The number of guanidine groups is 1. The van der Waals surface area contributed by atoms with Crippen LogP contribution in [0.4, 0.5) is 5.69 Å². The van der Waals surface area contributed by atoms with E-state index >= 15 is 0 Å². The maximum Gasteiger partial charge on any atom is 0.191 e. The first-order valence-electron chi connectivity index (χ1n) is 10.9. The monoisotopic (exact) mass is 538 g/mol. The van der Waals surface area contributed by atoms with Gasteiger partial charge in [0.15, 0.2) is 5.96 Å². The smallest absolute Gasteiger partial charge is 0.191 e. The van der Waals surface area contributed by atoms with Gasteiger partial charge >= 0.3 is 0 Å². The molecule has 1 heterocycles. The second-order valence-corrected chi connectivity index (χ2v) is 7.48. The third kappa shape index (κ3) is 8.95. The molecular formula is C24H35IN4O2. The molecule has 31 heavy (non-hydrogen) atoms. The second kappa shape index (κ2) is 14.1. The van der Waals surface area contributed by atoms with Crippen molar-refractivity contribution in [1.29, 1.82) is 0 Å². The molecule has 6 nitrogen and oxygen atoms in total. The Morgan fingerprint density at radius 1 is 1.13 bits per heavy atom. The normalized spacial score (nSPS) is 15.8. The van der Waals surface area contributed by atoms with Crippen LogP contribution in [-0.2, 0) is 11.3 Å². The Hall–Kier alpha value is -2.00. The summed E-state index contributed by atoms with van der Waals surface area (Å²) in [5.41, 5.74) is 3.43. The van der Waals surface area contributed by atoms with Gasteiger partial charge in [0.2, 0.25) is 0 Å². The predicted octanol–water partition coefficient (Wildman–Crippen LogP) is 4.34. The lowest BCUT2D eigenvalue weighted by atomic mass is 10.1. The summed E-state index contributed by atoms with van der Waals surface area (Å²) >= 11 is 0. The number of ether oxygens (including phenoxy) is 2. The van der Waals surface area contributed by atoms with Crippen LogP contribution >= 0.6 is 24.0 Å². The zero-order valence-corrected chi connectivity index (χ0v) is 20.9. The van der Waals surface area contributed by atoms with Crippen molar-refractivity contribution in [3.63, 3.8) is 0 Å². The third-order valence-corrected chi connectivity index (χ3v) is 4.90. The van der Waals surface area contributed by atoms with E-state index in [9.17, 15) is 0 Å². The molecule has 1 atom stereocenters. The number of anilines is 1. The van der Waals surface area contributed by atoms with Gasteiger partial charge in [0.1, 0.15) is 11.9 Å². The number of para-hydroxylation sites is 1. The van der Waals surface area contributed by atoms with Crippen LogP contribution in [0.15, 0.2) is 53.5 Å². The van der Waals surface area contributed by atoms with Crippen LogP contribution in [0.3, 0.4) is 0 Å². The Kier molecular flexibility index (Phi) is 11.5. The second-order valence-electron chi connectivity index (χ2n) is 7.48. The van der Waals surface area contributed by atoms with E-state index in [0.29, 0.717) is 13.2 Å². The Labute approximate surface area is 203 Å². The maximum atomic E-state index is 6.19. The van der Waals surface area contributed by atoms with Crippen LogP contribution in [0.2, 0.25) is 0 Å². The highest BCUT2D eigenvalue weighted by atomic mass is 127. The Morgan fingerprint density at radius 3 is 2.71 bits per heavy atom. The van der Waals surface area contributed by atoms with Crippen LogP contribution < -0.4 is 20.7 Å². The molecule has 1 unspecified atom stereocenters. The molecule has 7 heteroatoms. The van der Waals surface area contributed by atoms with E-state index in [2.05, 4.69) is 60.1 Å². The fourth-order valence-electron chi connectivity index (χ4n) is 3.28. The topological polar surface area (TPSA) is 66.9 Å². The van der Waals surface area contributed by atoms with E-state index in [1.807, 2.05) is 18.2 Å². The summed E-state index contributed by atoms with van der Waals surface area (Å²) in [6, 6.07) is 16.6. The van der Waals surface area contributed by atoms with Gasteiger partial charge in [0.05, 0.1) is 19.8 Å². The minimum atomic E-state index is 0. The van der Waals surface area contributed by atoms with Crippen molar-refractivity contribution in [3.8, 4) is 5.75 Å². The van der Waals surface area contributed by atoms with Gasteiger partial charge in [-0.2, -0.15) is 0 Å². The first-order valence-corrected chi connectivity index (χ1v) is 10.9. The molecule has 2 aromatic carbocycles. The van der Waals surface area contributed by atoms with Crippen molar-refractivity contribution in [3.05, 3.63) is 59.7 Å². The number of benzene rings is 2. The van der Waals surface area contributed by atoms with E-state index in [1.165, 1.54) is 5.56 Å². The van der Waals surface area contributed by atoms with Crippen LogP contribution in [0, 0.1) is 6.92 Å². The van der Waals surface area contributed by atoms with Crippen LogP contribution in [0.5, 0.6) is 5.75 Å². The van der Waals surface area contributed by atoms with Crippen LogP contribution in [-0.4, -0.2) is 44.9 Å². The lowest BCUT2D eigenvalue weighted by molar-refractivity contribution is 0.140. The quantitative estimate of drug-likeness (QED) is 0.182. The summed E-state index contributed by atoms with van der Waals surface area (Å²) in [6.07, 6.45) is 2.08. The van der Waals surface area contributed by atoms with Gasteiger partial charge in [0, 0.05) is 37.3 Å². The predicted molar refractivity (Wildman–Crippen MR) is 139 cm³/mol. The van der Waals surface area contributed by atoms with Crippen molar-refractivity contribution in [1.82, 2.24) is 10.6 Å². The highest BCUT2D eigenvalue weighted by molar-refractivity contribution is 14.0. The van der Waals surface area contributed by atoms with Crippen LogP contribution in [0.1, 0.15) is 30.9 Å². The molecule has 170 valence electrons. The molecule has 0 radical (unpaired) electrons. The molecular weight excluding hydrogens is 503 g/mol. The number of nitrogens with zero attached hydrogens (tertiary/aromatic N) is 1.